The highest BCUT2D eigenvalue weighted by Crippen LogP contribution is 2.32. The number of carbonyl (C=O) groups excluding carboxylic acids is 1. The van der Waals surface area contributed by atoms with E-state index in [0.717, 1.165) is 60.5 Å². The lowest BCUT2D eigenvalue weighted by Crippen LogP contribution is -2.39. The average Bonchev–Trinajstić information content (AvgIpc) is 3.27. The Hall–Kier alpha value is -2.63. The van der Waals surface area contributed by atoms with E-state index in [1.807, 2.05) is 12.1 Å². The van der Waals surface area contributed by atoms with E-state index < -0.39 is 8.07 Å². The van der Waals surface area contributed by atoms with Gasteiger partial charge in [-0.25, -0.2) is 19.3 Å². The lowest BCUT2D eigenvalue weighted by Gasteiger charge is -2.31. The van der Waals surface area contributed by atoms with Crippen LogP contribution in [0.2, 0.25) is 25.7 Å². The van der Waals surface area contributed by atoms with Gasteiger partial charge in [0.2, 0.25) is 0 Å². The van der Waals surface area contributed by atoms with Gasteiger partial charge in [-0.1, -0.05) is 31.8 Å². The first-order chi connectivity index (χ1) is 19.2. The number of hydrogen-bond donors (Lipinski definition) is 0. The Bertz CT molecular complexity index is 1320. The maximum absolute atomic E-state index is 13.5. The van der Waals surface area contributed by atoms with Gasteiger partial charge in [-0.3, -0.25) is 9.69 Å². The van der Waals surface area contributed by atoms with Gasteiger partial charge >= 0.3 is 0 Å². The third kappa shape index (κ3) is 6.80. The second-order valence-corrected chi connectivity index (χ2v) is 17.7. The summed E-state index contributed by atoms with van der Waals surface area (Å²) in [4.78, 5) is 26.2. The van der Waals surface area contributed by atoms with Gasteiger partial charge in [-0.2, -0.15) is 0 Å². The summed E-state index contributed by atoms with van der Waals surface area (Å²) < 4.78 is 26.9. The second-order valence-electron chi connectivity index (χ2n) is 12.1. The van der Waals surface area contributed by atoms with Gasteiger partial charge in [0, 0.05) is 59.6 Å². The Labute approximate surface area is 237 Å². The summed E-state index contributed by atoms with van der Waals surface area (Å²) >= 11 is 0. The van der Waals surface area contributed by atoms with Crippen molar-refractivity contribution in [2.75, 3.05) is 40.1 Å². The molecule has 2 aromatic heterocycles. The maximum atomic E-state index is 13.5. The summed E-state index contributed by atoms with van der Waals surface area (Å²) in [5, 5.41) is 2.49. The molecule has 0 bridgehead atoms. The Balaban J connectivity index is 1.38. The molecule has 0 saturated carbocycles. The van der Waals surface area contributed by atoms with Crippen molar-refractivity contribution in [3.05, 3.63) is 64.9 Å². The molecule has 1 amide bonds. The van der Waals surface area contributed by atoms with Gasteiger partial charge in [-0.15, -0.1) is 0 Å². The zero-order chi connectivity index (χ0) is 28.3. The summed E-state index contributed by atoms with van der Waals surface area (Å²) in [6.45, 7) is 11.4. The number of rotatable bonds is 11. The molecule has 0 unspecified atom stereocenters. The van der Waals surface area contributed by atoms with Gasteiger partial charge in [0.05, 0.1) is 24.4 Å². The van der Waals surface area contributed by atoms with Crippen molar-refractivity contribution < 1.29 is 23.5 Å². The molecule has 0 N–H and O–H groups in total. The molecule has 0 spiro atoms. The van der Waals surface area contributed by atoms with Crippen molar-refractivity contribution in [2.45, 2.75) is 64.1 Å². The minimum Gasteiger partial charge on any atom is -0.381 e. The molecular formula is C30H41FN4O4Si. The van der Waals surface area contributed by atoms with Crippen LogP contribution in [0.3, 0.4) is 0 Å². The van der Waals surface area contributed by atoms with Crippen molar-refractivity contribution >= 4 is 24.9 Å². The number of pyridine rings is 1. The predicted octanol–water partition coefficient (Wildman–Crippen LogP) is 5.08. The molecule has 4 heterocycles. The van der Waals surface area contributed by atoms with Crippen molar-refractivity contribution in [3.8, 4) is 0 Å². The first kappa shape index (κ1) is 28.9. The molecule has 2 aliphatic heterocycles. The van der Waals surface area contributed by atoms with Crippen molar-refractivity contribution in [3.63, 3.8) is 0 Å². The van der Waals surface area contributed by atoms with Crippen molar-refractivity contribution in [2.24, 2.45) is 0 Å². The molecule has 10 heteroatoms. The molecule has 0 atom stereocenters. The van der Waals surface area contributed by atoms with Crippen molar-refractivity contribution in [1.82, 2.24) is 19.5 Å². The van der Waals surface area contributed by atoms with E-state index in [2.05, 4.69) is 40.3 Å². The molecule has 5 rings (SSSR count). The number of aromatic nitrogens is 2. The molecule has 3 aromatic rings. The first-order valence-corrected chi connectivity index (χ1v) is 17.9. The maximum Gasteiger partial charge on any atom is 0.296 e. The third-order valence-corrected chi connectivity index (χ3v) is 9.62. The monoisotopic (exact) mass is 568 g/mol. The van der Waals surface area contributed by atoms with E-state index in [1.54, 1.807) is 13.3 Å². The van der Waals surface area contributed by atoms with Gasteiger partial charge < -0.3 is 14.0 Å². The van der Waals surface area contributed by atoms with Crippen LogP contribution in [-0.2, 0) is 33.8 Å². The minimum atomic E-state index is -1.19. The van der Waals surface area contributed by atoms with Gasteiger partial charge in [-0.05, 0) is 54.1 Å². The fourth-order valence-electron chi connectivity index (χ4n) is 5.54. The number of carbonyl (C=O) groups is 1. The Morgan fingerprint density at radius 2 is 1.82 bits per heavy atom. The topological polar surface area (TPSA) is 69.1 Å². The fourth-order valence-corrected chi connectivity index (χ4v) is 6.30. The van der Waals surface area contributed by atoms with E-state index in [4.69, 9.17) is 14.3 Å². The number of methoxy groups -OCH3 is 1. The van der Waals surface area contributed by atoms with Crippen LogP contribution in [-0.4, -0.2) is 79.7 Å². The van der Waals surface area contributed by atoms with Crippen LogP contribution < -0.4 is 0 Å². The van der Waals surface area contributed by atoms with Gasteiger partial charge in [0.15, 0.2) is 6.79 Å². The number of hydrogen-bond acceptors (Lipinski definition) is 6. The Morgan fingerprint density at radius 1 is 1.07 bits per heavy atom. The van der Waals surface area contributed by atoms with Crippen LogP contribution in [0.5, 0.6) is 0 Å². The second kappa shape index (κ2) is 12.5. The third-order valence-electron chi connectivity index (χ3n) is 7.91. The standard InChI is InChI=1S/C30H41FN4O4Si/c1-37-25-9-12-33(13-10-25)19-23-20-34(18-22-5-7-24(31)8-6-22)27-17-32-29-26(28(23)27)11-14-35(30(29)36)39-21-38-15-16-40(2,3)4/h5-8,17,20,25H,9-16,18-19,21H2,1-4H3. The average molecular weight is 569 g/mol. The number of benzene rings is 1. The lowest BCUT2D eigenvalue weighted by molar-refractivity contribution is -0.195. The number of nitrogens with zero attached hydrogens (tertiary/aromatic N) is 4. The SMILES string of the molecule is COC1CCN(Cc2cn(Cc3ccc(F)cc3)c3cnc4c(c23)CCN(OCOCC[Si](C)(C)C)C4=O)CC1. The Kier molecular flexibility index (Phi) is 9.01. The molecule has 216 valence electrons. The number of amides is 1. The summed E-state index contributed by atoms with van der Waals surface area (Å²) in [5.41, 5.74) is 4.60. The van der Waals surface area contributed by atoms with Crippen LogP contribution in [0.1, 0.15) is 40.0 Å². The molecule has 1 aromatic carbocycles. The van der Waals surface area contributed by atoms with E-state index in [9.17, 15) is 9.18 Å². The summed E-state index contributed by atoms with van der Waals surface area (Å²) in [7, 11) is 0.598. The number of halogens is 1. The number of piperidine rings is 1. The van der Waals surface area contributed by atoms with Crippen LogP contribution >= 0.6 is 0 Å². The molecule has 0 radical (unpaired) electrons. The number of ether oxygens (including phenoxy) is 2. The highest BCUT2D eigenvalue weighted by molar-refractivity contribution is 6.76. The number of likely N-dealkylation sites (tertiary alicyclic amines) is 1. The lowest BCUT2D eigenvalue weighted by atomic mass is 9.98. The summed E-state index contributed by atoms with van der Waals surface area (Å²) in [6.07, 6.45) is 6.96. The first-order valence-electron chi connectivity index (χ1n) is 14.2. The number of hydroxylamine groups is 2. The van der Waals surface area contributed by atoms with Crippen LogP contribution in [0, 0.1) is 5.82 Å². The molecule has 40 heavy (non-hydrogen) atoms. The summed E-state index contributed by atoms with van der Waals surface area (Å²) in [5.74, 6) is -0.473. The molecule has 0 aliphatic carbocycles. The quantitative estimate of drug-likeness (QED) is 0.183. The smallest absolute Gasteiger partial charge is 0.296 e. The zero-order valence-corrected chi connectivity index (χ0v) is 25.1. The van der Waals surface area contributed by atoms with E-state index >= 15 is 0 Å². The van der Waals surface area contributed by atoms with Crippen LogP contribution in [0.4, 0.5) is 4.39 Å². The minimum absolute atomic E-state index is 0.0600. The Morgan fingerprint density at radius 3 is 2.52 bits per heavy atom. The fraction of sp³-hybridized carbons (Fsp3) is 0.533. The van der Waals surface area contributed by atoms with E-state index in [0.29, 0.717) is 37.9 Å². The van der Waals surface area contributed by atoms with E-state index in [-0.39, 0.29) is 18.5 Å². The molecule has 1 fully saturated rings. The van der Waals surface area contributed by atoms with Gasteiger partial charge in [0.25, 0.3) is 5.91 Å². The van der Waals surface area contributed by atoms with E-state index in [1.165, 1.54) is 22.8 Å². The normalized spacial score (nSPS) is 17.1. The zero-order valence-electron chi connectivity index (χ0n) is 24.1. The molecule has 2 aliphatic rings. The molecule has 1 saturated heterocycles. The largest absolute Gasteiger partial charge is 0.381 e. The molecular weight excluding hydrogens is 527 g/mol. The van der Waals surface area contributed by atoms with Crippen molar-refractivity contribution in [1.29, 1.82) is 0 Å². The highest BCUT2D eigenvalue weighted by Gasteiger charge is 2.31. The molecule has 8 nitrogen and oxygen atoms in total. The van der Waals surface area contributed by atoms with Crippen LogP contribution in [0.25, 0.3) is 10.9 Å². The summed E-state index contributed by atoms with van der Waals surface area (Å²) in [6, 6.07) is 7.65. The van der Waals surface area contributed by atoms with Gasteiger partial charge in [0.1, 0.15) is 11.5 Å². The predicted molar refractivity (Wildman–Crippen MR) is 155 cm³/mol. The number of fused-ring (bicyclic) bond motifs is 3. The van der Waals surface area contributed by atoms with Crippen LogP contribution in [0.15, 0.2) is 36.7 Å². The highest BCUT2D eigenvalue weighted by atomic mass is 28.3.